The maximum Gasteiger partial charge on any atom is 0.257 e. The molecule has 6 nitrogen and oxygen atoms in total. The molecule has 0 atom stereocenters. The van der Waals surface area contributed by atoms with E-state index in [2.05, 4.69) is 15.5 Å². The Labute approximate surface area is 207 Å². The first-order chi connectivity index (χ1) is 15.3. The van der Waals surface area contributed by atoms with Gasteiger partial charge in [-0.1, -0.05) is 41.7 Å². The summed E-state index contributed by atoms with van der Waals surface area (Å²) in [7, 11) is 0. The van der Waals surface area contributed by atoms with Crippen LogP contribution in [0.3, 0.4) is 0 Å². The monoisotopic (exact) mass is 512 g/mol. The fourth-order valence-electron chi connectivity index (χ4n) is 3.42. The largest absolute Gasteiger partial charge is 0.366 e. The van der Waals surface area contributed by atoms with Crippen LogP contribution in [0, 0.1) is 0 Å². The molecule has 0 spiro atoms. The molecular weight excluding hydrogens is 491 g/mol. The van der Waals surface area contributed by atoms with E-state index in [9.17, 15) is 9.59 Å². The predicted molar refractivity (Wildman–Crippen MR) is 135 cm³/mol. The number of nitrogens with one attached hydrogen (secondary N) is 2. The minimum atomic E-state index is -0.410. The van der Waals surface area contributed by atoms with Gasteiger partial charge in [0, 0.05) is 43.2 Å². The van der Waals surface area contributed by atoms with Gasteiger partial charge in [0.25, 0.3) is 5.91 Å². The van der Waals surface area contributed by atoms with Gasteiger partial charge in [0.15, 0.2) is 5.11 Å². The third kappa shape index (κ3) is 6.25. The number of thiocarbonyl (C=S) groups is 1. The summed E-state index contributed by atoms with van der Waals surface area (Å²) in [6, 6.07) is 10.0. The van der Waals surface area contributed by atoms with Gasteiger partial charge in [-0.15, -0.1) is 0 Å². The highest BCUT2D eigenvalue weighted by Gasteiger charge is 2.22. The van der Waals surface area contributed by atoms with Gasteiger partial charge in [-0.05, 0) is 55.0 Å². The number of hydrogen-bond donors (Lipinski definition) is 2. The first-order valence-electron chi connectivity index (χ1n) is 10.2. The zero-order valence-electron chi connectivity index (χ0n) is 17.5. The number of rotatable bonds is 5. The molecule has 1 aliphatic rings. The average molecular weight is 514 g/mol. The maximum absolute atomic E-state index is 12.5. The number of nitrogens with zero attached hydrogens (tertiary/aromatic N) is 2. The zero-order chi connectivity index (χ0) is 23.3. The van der Waals surface area contributed by atoms with Crippen LogP contribution in [0.25, 0.3) is 0 Å². The van der Waals surface area contributed by atoms with E-state index in [1.807, 2.05) is 17.9 Å². The van der Waals surface area contributed by atoms with Crippen molar-refractivity contribution in [3.05, 3.63) is 57.0 Å². The molecule has 1 fully saturated rings. The van der Waals surface area contributed by atoms with Crippen molar-refractivity contribution < 1.29 is 9.59 Å². The summed E-state index contributed by atoms with van der Waals surface area (Å²) in [5, 5.41) is 7.01. The van der Waals surface area contributed by atoms with Crippen LogP contribution in [0.1, 0.15) is 30.1 Å². The van der Waals surface area contributed by atoms with Crippen molar-refractivity contribution in [2.75, 3.05) is 36.4 Å². The van der Waals surface area contributed by atoms with Crippen LogP contribution in [0.4, 0.5) is 11.4 Å². The molecule has 170 valence electrons. The topological polar surface area (TPSA) is 64.7 Å². The molecule has 2 N–H and O–H groups in total. The van der Waals surface area contributed by atoms with E-state index in [1.165, 1.54) is 6.07 Å². The highest BCUT2D eigenvalue weighted by molar-refractivity contribution is 7.80. The molecule has 0 aliphatic carbocycles. The summed E-state index contributed by atoms with van der Waals surface area (Å²) >= 11 is 23.4. The lowest BCUT2D eigenvalue weighted by molar-refractivity contribution is -0.131. The maximum atomic E-state index is 12.5. The van der Waals surface area contributed by atoms with Crippen LogP contribution in [0.15, 0.2) is 36.4 Å². The quantitative estimate of drug-likeness (QED) is 0.537. The van der Waals surface area contributed by atoms with Crippen molar-refractivity contribution in [2.45, 2.75) is 19.8 Å². The van der Waals surface area contributed by atoms with Crippen LogP contribution >= 0.6 is 47.0 Å². The average Bonchev–Trinajstić information content (AvgIpc) is 2.76. The molecule has 0 saturated carbocycles. The molecule has 1 heterocycles. The SMILES string of the molecule is CCCC(=O)N1CCN(c2ccc(Cl)cc2NC(=S)NC(=O)c2ccc(Cl)c(Cl)c2)CC1. The molecule has 2 aromatic carbocycles. The van der Waals surface area contributed by atoms with Gasteiger partial charge >= 0.3 is 0 Å². The third-order valence-electron chi connectivity index (χ3n) is 5.05. The van der Waals surface area contributed by atoms with E-state index >= 15 is 0 Å². The fraction of sp³-hybridized carbons (Fsp3) is 0.318. The molecule has 1 aliphatic heterocycles. The van der Waals surface area contributed by atoms with E-state index in [0.717, 1.165) is 12.1 Å². The minimum absolute atomic E-state index is 0.126. The molecule has 3 rings (SSSR count). The highest BCUT2D eigenvalue weighted by atomic mass is 35.5. The van der Waals surface area contributed by atoms with Gasteiger partial charge in [0.2, 0.25) is 5.91 Å². The smallest absolute Gasteiger partial charge is 0.257 e. The van der Waals surface area contributed by atoms with Gasteiger partial charge in [0.05, 0.1) is 21.4 Å². The summed E-state index contributed by atoms with van der Waals surface area (Å²) in [4.78, 5) is 28.7. The molecule has 0 unspecified atom stereocenters. The Morgan fingerprint density at radius 2 is 1.72 bits per heavy atom. The Balaban J connectivity index is 1.67. The summed E-state index contributed by atoms with van der Waals surface area (Å²) in [5.74, 6) is -0.222. The number of carbonyl (C=O) groups excluding carboxylic acids is 2. The van der Waals surface area contributed by atoms with Crippen molar-refractivity contribution in [1.82, 2.24) is 10.2 Å². The summed E-state index contributed by atoms with van der Waals surface area (Å²) in [6.45, 7) is 4.68. The first kappa shape index (κ1) is 24.6. The molecule has 10 heteroatoms. The Hall–Kier alpha value is -2.06. The number of hydrogen-bond acceptors (Lipinski definition) is 4. The molecule has 1 saturated heterocycles. The van der Waals surface area contributed by atoms with Crippen molar-refractivity contribution in [3.8, 4) is 0 Å². The Morgan fingerprint density at radius 3 is 2.38 bits per heavy atom. The lowest BCUT2D eigenvalue weighted by Gasteiger charge is -2.37. The number of benzene rings is 2. The Bertz CT molecular complexity index is 1030. The van der Waals surface area contributed by atoms with Gasteiger partial charge < -0.3 is 15.1 Å². The zero-order valence-corrected chi connectivity index (χ0v) is 20.5. The van der Waals surface area contributed by atoms with Gasteiger partial charge in [-0.2, -0.15) is 0 Å². The molecule has 0 aromatic heterocycles. The fourth-order valence-corrected chi connectivity index (χ4v) is 4.09. The number of amides is 2. The first-order valence-corrected chi connectivity index (χ1v) is 11.7. The molecule has 0 radical (unpaired) electrons. The third-order valence-corrected chi connectivity index (χ3v) is 6.23. The molecule has 32 heavy (non-hydrogen) atoms. The normalized spacial score (nSPS) is 13.6. The van der Waals surface area contributed by atoms with Crippen LogP contribution in [0.2, 0.25) is 15.1 Å². The summed E-state index contributed by atoms with van der Waals surface area (Å²) in [5.41, 5.74) is 1.90. The standard InChI is InChI=1S/C22H23Cl3N4O2S/c1-2-3-20(30)29-10-8-28(9-11-29)19-7-5-15(23)13-18(19)26-22(32)27-21(31)14-4-6-16(24)17(25)12-14/h4-7,12-13H,2-3,8-11H2,1H3,(H2,26,27,31,32). The second-order valence-electron chi connectivity index (χ2n) is 7.32. The molecular formula is C22H23Cl3N4O2S. The van der Waals surface area contributed by atoms with Crippen LogP contribution in [-0.4, -0.2) is 48.0 Å². The van der Waals surface area contributed by atoms with Crippen molar-refractivity contribution >= 4 is 75.3 Å². The van der Waals surface area contributed by atoms with Crippen LogP contribution in [-0.2, 0) is 4.79 Å². The molecule has 0 bridgehead atoms. The Morgan fingerprint density at radius 1 is 1.00 bits per heavy atom. The number of carbonyl (C=O) groups is 2. The molecule has 2 aromatic rings. The van der Waals surface area contributed by atoms with Crippen molar-refractivity contribution in [1.29, 1.82) is 0 Å². The minimum Gasteiger partial charge on any atom is -0.366 e. The second kappa shape index (κ2) is 11.2. The van der Waals surface area contributed by atoms with Crippen LogP contribution < -0.4 is 15.5 Å². The van der Waals surface area contributed by atoms with Crippen LogP contribution in [0.5, 0.6) is 0 Å². The lowest BCUT2D eigenvalue weighted by Crippen LogP contribution is -2.49. The second-order valence-corrected chi connectivity index (χ2v) is 8.98. The lowest BCUT2D eigenvalue weighted by atomic mass is 10.2. The summed E-state index contributed by atoms with van der Waals surface area (Å²) in [6.07, 6.45) is 1.41. The van der Waals surface area contributed by atoms with Crippen molar-refractivity contribution in [2.24, 2.45) is 0 Å². The summed E-state index contributed by atoms with van der Waals surface area (Å²) < 4.78 is 0. The predicted octanol–water partition coefficient (Wildman–Crippen LogP) is 5.22. The van der Waals surface area contributed by atoms with E-state index in [0.29, 0.717) is 53.9 Å². The number of halogens is 3. The molecule has 2 amide bonds. The van der Waals surface area contributed by atoms with Crippen molar-refractivity contribution in [3.63, 3.8) is 0 Å². The Kier molecular flexibility index (Phi) is 8.59. The van der Waals surface area contributed by atoms with Gasteiger partial charge in [-0.3, -0.25) is 14.9 Å². The van der Waals surface area contributed by atoms with E-state index in [-0.39, 0.29) is 16.0 Å². The van der Waals surface area contributed by atoms with E-state index in [4.69, 9.17) is 47.0 Å². The highest BCUT2D eigenvalue weighted by Crippen LogP contribution is 2.30. The van der Waals surface area contributed by atoms with E-state index in [1.54, 1.807) is 24.3 Å². The van der Waals surface area contributed by atoms with Gasteiger partial charge in [0.1, 0.15) is 0 Å². The number of anilines is 2. The van der Waals surface area contributed by atoms with E-state index < -0.39 is 5.91 Å². The van der Waals surface area contributed by atoms with Gasteiger partial charge in [-0.25, -0.2) is 0 Å². The number of piperazine rings is 1.